The first-order valence-electron chi connectivity index (χ1n) is 9.75. The Morgan fingerprint density at radius 3 is 2.61 bits per heavy atom. The Morgan fingerprint density at radius 2 is 1.90 bits per heavy atom. The molecule has 0 radical (unpaired) electrons. The minimum absolute atomic E-state index is 0.0529. The summed E-state index contributed by atoms with van der Waals surface area (Å²) >= 11 is 0. The highest BCUT2D eigenvalue weighted by Crippen LogP contribution is 2.37. The lowest BCUT2D eigenvalue weighted by Gasteiger charge is -2.23. The summed E-state index contributed by atoms with van der Waals surface area (Å²) in [6, 6.07) is 10.8. The fourth-order valence-electron chi connectivity index (χ4n) is 3.82. The number of anilines is 1. The molecule has 1 fully saturated rings. The number of aromatic nitrogens is 4. The molecule has 1 aromatic carbocycles. The molecule has 0 spiro atoms. The van der Waals surface area contributed by atoms with E-state index in [0.29, 0.717) is 31.0 Å². The number of aliphatic hydroxyl groups is 1. The standard InChI is InChI=1S/C21H21F3N6O/c1-12-27-16(14-7-8-30(11-14)19(31)13-5-3-2-4-6-13)9-17(28-12)15-10-26-20(25)29-18(15)21(22,23)24/h2-6,9-10,14,19,31H,7-8,11H2,1H3,(H2,25,26,29). The third-order valence-electron chi connectivity index (χ3n) is 5.29. The maximum Gasteiger partial charge on any atom is 0.434 e. The Balaban J connectivity index is 1.63. The van der Waals surface area contributed by atoms with Gasteiger partial charge < -0.3 is 10.8 Å². The average Bonchev–Trinajstić information content (AvgIpc) is 3.23. The van der Waals surface area contributed by atoms with Crippen molar-refractivity contribution in [2.45, 2.75) is 31.7 Å². The number of nitrogen functional groups attached to an aromatic ring is 1. The molecule has 7 nitrogen and oxygen atoms in total. The number of hydrogen-bond acceptors (Lipinski definition) is 7. The van der Waals surface area contributed by atoms with Crippen molar-refractivity contribution in [3.05, 3.63) is 65.4 Å². The molecule has 0 amide bonds. The zero-order chi connectivity index (χ0) is 22.2. The predicted octanol–water partition coefficient (Wildman–Crippen LogP) is 3.32. The Hall–Kier alpha value is -3.11. The van der Waals surface area contributed by atoms with Crippen LogP contribution in [0.3, 0.4) is 0 Å². The molecule has 4 rings (SSSR count). The van der Waals surface area contributed by atoms with Gasteiger partial charge in [0.15, 0.2) is 5.69 Å². The number of halogens is 3. The molecule has 162 valence electrons. The molecule has 2 atom stereocenters. The molecule has 3 N–H and O–H groups in total. The van der Waals surface area contributed by atoms with Crippen molar-refractivity contribution < 1.29 is 18.3 Å². The van der Waals surface area contributed by atoms with Gasteiger partial charge in [-0.2, -0.15) is 13.2 Å². The summed E-state index contributed by atoms with van der Waals surface area (Å²) < 4.78 is 40.5. The maximum absolute atomic E-state index is 13.5. The Bertz CT molecular complexity index is 1080. The van der Waals surface area contributed by atoms with Crippen LogP contribution in [0, 0.1) is 6.92 Å². The highest BCUT2D eigenvalue weighted by molar-refractivity contribution is 5.63. The molecule has 3 heterocycles. The zero-order valence-electron chi connectivity index (χ0n) is 16.7. The van der Waals surface area contributed by atoms with Crippen LogP contribution in [0.25, 0.3) is 11.3 Å². The van der Waals surface area contributed by atoms with Gasteiger partial charge in [-0.15, -0.1) is 0 Å². The van der Waals surface area contributed by atoms with E-state index < -0.39 is 24.0 Å². The fourth-order valence-corrected chi connectivity index (χ4v) is 3.82. The second kappa shape index (κ2) is 8.20. The van der Waals surface area contributed by atoms with Gasteiger partial charge in [0.25, 0.3) is 0 Å². The van der Waals surface area contributed by atoms with Gasteiger partial charge in [-0.3, -0.25) is 4.90 Å². The first-order chi connectivity index (χ1) is 14.7. The molecule has 3 aromatic rings. The third-order valence-corrected chi connectivity index (χ3v) is 5.29. The van der Waals surface area contributed by atoms with Gasteiger partial charge in [0, 0.05) is 36.5 Å². The molecule has 31 heavy (non-hydrogen) atoms. The summed E-state index contributed by atoms with van der Waals surface area (Å²) in [5.41, 5.74) is 5.50. The van der Waals surface area contributed by atoms with E-state index in [-0.39, 0.29) is 17.2 Å². The molecular weight excluding hydrogens is 409 g/mol. The lowest BCUT2D eigenvalue weighted by Crippen LogP contribution is -2.26. The van der Waals surface area contributed by atoms with E-state index in [1.54, 1.807) is 13.0 Å². The number of rotatable bonds is 4. The first-order valence-corrected chi connectivity index (χ1v) is 9.75. The van der Waals surface area contributed by atoms with Crippen LogP contribution in [0.15, 0.2) is 42.6 Å². The third kappa shape index (κ3) is 4.49. The average molecular weight is 430 g/mol. The minimum atomic E-state index is -4.70. The Morgan fingerprint density at radius 1 is 1.16 bits per heavy atom. The topological polar surface area (TPSA) is 101 Å². The van der Waals surface area contributed by atoms with Crippen molar-refractivity contribution >= 4 is 5.95 Å². The largest absolute Gasteiger partial charge is 0.434 e. The molecule has 10 heteroatoms. The quantitative estimate of drug-likeness (QED) is 0.655. The highest BCUT2D eigenvalue weighted by atomic mass is 19.4. The van der Waals surface area contributed by atoms with Crippen LogP contribution in [0.1, 0.15) is 41.3 Å². The van der Waals surface area contributed by atoms with Gasteiger partial charge in [0.05, 0.1) is 5.69 Å². The lowest BCUT2D eigenvalue weighted by molar-refractivity contribution is -0.140. The maximum atomic E-state index is 13.5. The van der Waals surface area contributed by atoms with E-state index in [9.17, 15) is 18.3 Å². The van der Waals surface area contributed by atoms with Crippen LogP contribution in [0.4, 0.5) is 19.1 Å². The lowest BCUT2D eigenvalue weighted by atomic mass is 10.0. The molecule has 2 aromatic heterocycles. The highest BCUT2D eigenvalue weighted by Gasteiger charge is 2.37. The predicted molar refractivity (Wildman–Crippen MR) is 108 cm³/mol. The monoisotopic (exact) mass is 430 g/mol. The van der Waals surface area contributed by atoms with Crippen LogP contribution >= 0.6 is 0 Å². The molecule has 2 unspecified atom stereocenters. The molecule has 1 aliphatic heterocycles. The molecule has 0 bridgehead atoms. The van der Waals surface area contributed by atoms with Crippen molar-refractivity contribution in [1.82, 2.24) is 24.8 Å². The normalized spacial score (nSPS) is 18.3. The SMILES string of the molecule is Cc1nc(-c2cnc(N)nc2C(F)(F)F)cc(C2CCN(C(O)c3ccccc3)C2)n1. The first kappa shape index (κ1) is 21.1. The number of aryl methyl sites for hydroxylation is 1. The van der Waals surface area contributed by atoms with Crippen LogP contribution in [0.5, 0.6) is 0 Å². The van der Waals surface area contributed by atoms with E-state index in [0.717, 1.165) is 11.8 Å². The number of alkyl halides is 3. The van der Waals surface area contributed by atoms with Crippen molar-refractivity contribution in [1.29, 1.82) is 0 Å². The number of nitrogens with two attached hydrogens (primary N) is 1. The van der Waals surface area contributed by atoms with Gasteiger partial charge in [0.1, 0.15) is 12.1 Å². The summed E-state index contributed by atoms with van der Waals surface area (Å²) in [6.07, 6.45) is -3.70. The van der Waals surface area contributed by atoms with Gasteiger partial charge in [-0.25, -0.2) is 19.9 Å². The van der Waals surface area contributed by atoms with Crippen LogP contribution in [-0.2, 0) is 6.18 Å². The number of hydrogen-bond donors (Lipinski definition) is 2. The Labute approximate surface area is 176 Å². The smallest absolute Gasteiger partial charge is 0.374 e. The van der Waals surface area contributed by atoms with Crippen LogP contribution in [0.2, 0.25) is 0 Å². The zero-order valence-corrected chi connectivity index (χ0v) is 16.7. The number of aliphatic hydroxyl groups excluding tert-OH is 1. The summed E-state index contributed by atoms with van der Waals surface area (Å²) in [7, 11) is 0. The summed E-state index contributed by atoms with van der Waals surface area (Å²) in [6.45, 7) is 2.79. The summed E-state index contributed by atoms with van der Waals surface area (Å²) in [5, 5.41) is 10.7. The van der Waals surface area contributed by atoms with Gasteiger partial charge in [-0.05, 0) is 25.0 Å². The van der Waals surface area contributed by atoms with E-state index in [4.69, 9.17) is 5.73 Å². The van der Waals surface area contributed by atoms with E-state index in [2.05, 4.69) is 19.9 Å². The molecule has 1 aliphatic rings. The Kier molecular flexibility index (Phi) is 5.59. The number of likely N-dealkylation sites (tertiary alicyclic amines) is 1. The minimum Gasteiger partial charge on any atom is -0.374 e. The van der Waals surface area contributed by atoms with E-state index in [1.807, 2.05) is 35.2 Å². The van der Waals surface area contributed by atoms with Crippen molar-refractivity contribution in [2.75, 3.05) is 18.8 Å². The van der Waals surface area contributed by atoms with Gasteiger partial charge >= 0.3 is 6.18 Å². The molecule has 0 aliphatic carbocycles. The van der Waals surface area contributed by atoms with E-state index >= 15 is 0 Å². The number of benzene rings is 1. The molecular formula is C21H21F3N6O. The van der Waals surface area contributed by atoms with Crippen molar-refractivity contribution in [3.8, 4) is 11.3 Å². The van der Waals surface area contributed by atoms with Crippen molar-refractivity contribution in [3.63, 3.8) is 0 Å². The molecule has 0 saturated carbocycles. The fraction of sp³-hybridized carbons (Fsp3) is 0.333. The van der Waals surface area contributed by atoms with Gasteiger partial charge in [0.2, 0.25) is 5.95 Å². The van der Waals surface area contributed by atoms with Crippen LogP contribution in [-0.4, -0.2) is 43.0 Å². The summed E-state index contributed by atoms with van der Waals surface area (Å²) in [5.74, 6) is -0.161. The van der Waals surface area contributed by atoms with E-state index in [1.165, 1.54) is 0 Å². The second-order valence-electron chi connectivity index (χ2n) is 7.48. The molecule has 1 saturated heterocycles. The van der Waals surface area contributed by atoms with Gasteiger partial charge in [-0.1, -0.05) is 30.3 Å². The summed E-state index contributed by atoms with van der Waals surface area (Å²) in [4.78, 5) is 17.7. The second-order valence-corrected chi connectivity index (χ2v) is 7.48. The number of nitrogens with zero attached hydrogens (tertiary/aromatic N) is 5. The van der Waals surface area contributed by atoms with Crippen molar-refractivity contribution in [2.24, 2.45) is 0 Å². The van der Waals surface area contributed by atoms with Crippen LogP contribution < -0.4 is 5.73 Å².